The summed E-state index contributed by atoms with van der Waals surface area (Å²) in [7, 11) is 0. The molecule has 0 unspecified atom stereocenters. The summed E-state index contributed by atoms with van der Waals surface area (Å²) >= 11 is 1.61. The maximum Gasteiger partial charge on any atom is 0.246 e. The first kappa shape index (κ1) is 21.0. The molecular formula is C22H25N3O3S. The highest BCUT2D eigenvalue weighted by Crippen LogP contribution is 2.18. The summed E-state index contributed by atoms with van der Waals surface area (Å²) in [5, 5.41) is 11.9. The lowest BCUT2D eigenvalue weighted by atomic mass is 10.1. The van der Waals surface area contributed by atoms with Gasteiger partial charge in [-0.25, -0.2) is 4.98 Å². The number of nitrogens with zero attached hydrogens (tertiary/aromatic N) is 3. The Morgan fingerprint density at radius 3 is 2.79 bits per heavy atom. The van der Waals surface area contributed by atoms with Crippen molar-refractivity contribution in [2.45, 2.75) is 38.8 Å². The van der Waals surface area contributed by atoms with Crippen molar-refractivity contribution in [3.8, 4) is 11.8 Å². The fourth-order valence-corrected chi connectivity index (χ4v) is 3.81. The van der Waals surface area contributed by atoms with E-state index in [1.165, 1.54) is 0 Å². The van der Waals surface area contributed by atoms with Crippen LogP contribution in [-0.2, 0) is 16.1 Å². The van der Waals surface area contributed by atoms with Gasteiger partial charge in [0.15, 0.2) is 0 Å². The van der Waals surface area contributed by atoms with E-state index in [-0.39, 0.29) is 11.9 Å². The number of aromatic nitrogens is 1. The Morgan fingerprint density at radius 2 is 2.14 bits per heavy atom. The highest BCUT2D eigenvalue weighted by Gasteiger charge is 2.24. The molecule has 0 N–H and O–H groups in total. The van der Waals surface area contributed by atoms with Gasteiger partial charge in [-0.1, -0.05) is 12.1 Å². The number of benzene rings is 1. The molecular weight excluding hydrogens is 386 g/mol. The number of carbonyl (C=O) groups is 1. The lowest BCUT2D eigenvalue weighted by molar-refractivity contribution is -0.130. The summed E-state index contributed by atoms with van der Waals surface area (Å²) in [6.07, 6.45) is 5.35. The molecule has 3 rings (SSSR count). The second-order valence-electron chi connectivity index (χ2n) is 6.83. The summed E-state index contributed by atoms with van der Waals surface area (Å²) in [6.45, 7) is 4.18. The van der Waals surface area contributed by atoms with Crippen molar-refractivity contribution in [2.24, 2.45) is 0 Å². The number of rotatable bonds is 8. The van der Waals surface area contributed by atoms with Crippen molar-refractivity contribution in [1.82, 2.24) is 9.88 Å². The number of hydrogen-bond acceptors (Lipinski definition) is 6. The van der Waals surface area contributed by atoms with Crippen molar-refractivity contribution in [3.63, 3.8) is 0 Å². The molecule has 0 aliphatic carbocycles. The molecule has 29 heavy (non-hydrogen) atoms. The zero-order valence-corrected chi connectivity index (χ0v) is 17.4. The first-order valence-corrected chi connectivity index (χ1v) is 10.6. The molecule has 1 saturated heterocycles. The molecule has 2 heterocycles. The molecule has 1 fully saturated rings. The lowest BCUT2D eigenvalue weighted by Crippen LogP contribution is -2.43. The van der Waals surface area contributed by atoms with Gasteiger partial charge in [-0.2, -0.15) is 5.26 Å². The Bertz CT molecular complexity index is 864. The van der Waals surface area contributed by atoms with E-state index in [0.717, 1.165) is 34.9 Å². The van der Waals surface area contributed by atoms with Gasteiger partial charge in [0.05, 0.1) is 23.2 Å². The molecule has 0 radical (unpaired) electrons. The minimum atomic E-state index is -0.0635. The van der Waals surface area contributed by atoms with Gasteiger partial charge in [0.1, 0.15) is 12.4 Å². The number of aryl methyl sites for hydroxylation is 1. The van der Waals surface area contributed by atoms with Crippen LogP contribution in [0.25, 0.3) is 6.08 Å². The normalized spacial score (nSPS) is 14.6. The van der Waals surface area contributed by atoms with Gasteiger partial charge in [0.25, 0.3) is 0 Å². The van der Waals surface area contributed by atoms with Gasteiger partial charge in [-0.05, 0) is 43.5 Å². The molecule has 0 saturated carbocycles. The minimum absolute atomic E-state index is 0.0635. The van der Waals surface area contributed by atoms with Crippen LogP contribution in [-0.4, -0.2) is 41.6 Å². The smallest absolute Gasteiger partial charge is 0.246 e. The van der Waals surface area contributed by atoms with E-state index < -0.39 is 0 Å². The van der Waals surface area contributed by atoms with Crippen LogP contribution in [0.1, 0.15) is 35.5 Å². The molecule has 1 aromatic heterocycles. The molecule has 0 bridgehead atoms. The highest BCUT2D eigenvalue weighted by molar-refractivity contribution is 7.09. The van der Waals surface area contributed by atoms with Crippen LogP contribution in [0.15, 0.2) is 35.7 Å². The Kier molecular flexibility index (Phi) is 7.79. The summed E-state index contributed by atoms with van der Waals surface area (Å²) < 4.78 is 11.1. The number of amides is 1. The number of ether oxygens (including phenoxy) is 2. The van der Waals surface area contributed by atoms with E-state index in [2.05, 4.69) is 11.1 Å². The third-order valence-electron chi connectivity index (χ3n) is 4.73. The second kappa shape index (κ2) is 10.7. The van der Waals surface area contributed by atoms with Gasteiger partial charge in [-0.3, -0.25) is 4.79 Å². The Morgan fingerprint density at radius 1 is 1.38 bits per heavy atom. The van der Waals surface area contributed by atoms with Gasteiger partial charge in [0.2, 0.25) is 5.91 Å². The van der Waals surface area contributed by atoms with Gasteiger partial charge >= 0.3 is 0 Å². The highest BCUT2D eigenvalue weighted by atomic mass is 32.1. The number of hydrogen-bond donors (Lipinski definition) is 0. The van der Waals surface area contributed by atoms with Crippen LogP contribution >= 0.6 is 11.3 Å². The van der Waals surface area contributed by atoms with Crippen molar-refractivity contribution in [3.05, 3.63) is 52.0 Å². The van der Waals surface area contributed by atoms with Crippen molar-refractivity contribution < 1.29 is 14.3 Å². The fraction of sp³-hybridized carbons (Fsp3) is 0.409. The van der Waals surface area contributed by atoms with Crippen LogP contribution in [0.2, 0.25) is 0 Å². The minimum Gasteiger partial charge on any atom is -0.487 e. The van der Waals surface area contributed by atoms with Crippen LogP contribution in [0.5, 0.6) is 5.75 Å². The largest absolute Gasteiger partial charge is 0.487 e. The van der Waals surface area contributed by atoms with Crippen LogP contribution in [0.4, 0.5) is 0 Å². The summed E-state index contributed by atoms with van der Waals surface area (Å²) in [6, 6.07) is 9.87. The summed E-state index contributed by atoms with van der Waals surface area (Å²) in [5.74, 6) is 0.698. The molecule has 7 heteroatoms. The van der Waals surface area contributed by atoms with E-state index in [0.29, 0.717) is 32.8 Å². The molecule has 1 aliphatic heterocycles. The Hall–Kier alpha value is -2.69. The molecule has 0 atom stereocenters. The van der Waals surface area contributed by atoms with Crippen LogP contribution < -0.4 is 4.74 Å². The van der Waals surface area contributed by atoms with E-state index in [1.807, 2.05) is 36.6 Å². The van der Waals surface area contributed by atoms with Gasteiger partial charge in [0, 0.05) is 37.3 Å². The van der Waals surface area contributed by atoms with Crippen LogP contribution in [0.3, 0.4) is 0 Å². The topological polar surface area (TPSA) is 75.5 Å². The zero-order chi connectivity index (χ0) is 20.5. The van der Waals surface area contributed by atoms with Gasteiger partial charge in [-0.15, -0.1) is 11.3 Å². The monoisotopic (exact) mass is 411 g/mol. The maximum atomic E-state index is 12.7. The van der Waals surface area contributed by atoms with Crippen LogP contribution in [0, 0.1) is 18.3 Å². The van der Waals surface area contributed by atoms with E-state index in [9.17, 15) is 4.79 Å². The Labute approximate surface area is 175 Å². The molecule has 2 aromatic rings. The molecule has 1 amide bonds. The van der Waals surface area contributed by atoms with Crippen molar-refractivity contribution in [2.75, 3.05) is 19.8 Å². The average Bonchev–Trinajstić information content (AvgIpc) is 3.17. The van der Waals surface area contributed by atoms with Crippen molar-refractivity contribution in [1.29, 1.82) is 5.26 Å². The maximum absolute atomic E-state index is 12.7. The average molecular weight is 412 g/mol. The number of thiazole rings is 1. The molecule has 1 aromatic carbocycles. The summed E-state index contributed by atoms with van der Waals surface area (Å²) in [4.78, 5) is 18.9. The molecule has 152 valence electrons. The van der Waals surface area contributed by atoms with E-state index >= 15 is 0 Å². The van der Waals surface area contributed by atoms with E-state index in [4.69, 9.17) is 14.7 Å². The quantitative estimate of drug-likeness (QED) is 0.615. The molecule has 1 aliphatic rings. The fourth-order valence-electron chi connectivity index (χ4n) is 3.21. The lowest BCUT2D eigenvalue weighted by Gasteiger charge is -2.33. The zero-order valence-electron chi connectivity index (χ0n) is 16.5. The van der Waals surface area contributed by atoms with Gasteiger partial charge < -0.3 is 14.4 Å². The van der Waals surface area contributed by atoms with E-state index in [1.54, 1.807) is 28.4 Å². The molecule has 0 spiro atoms. The number of carbonyl (C=O) groups excluding carboxylic acids is 1. The predicted molar refractivity (Wildman–Crippen MR) is 112 cm³/mol. The first-order chi connectivity index (χ1) is 14.2. The third kappa shape index (κ3) is 6.41. The summed E-state index contributed by atoms with van der Waals surface area (Å²) in [5.41, 5.74) is 1.84. The second-order valence-corrected chi connectivity index (χ2v) is 7.89. The first-order valence-electron chi connectivity index (χ1n) is 9.73. The molecule has 6 nitrogen and oxygen atoms in total. The Balaban J connectivity index is 1.56. The van der Waals surface area contributed by atoms with Crippen molar-refractivity contribution >= 4 is 23.3 Å². The third-order valence-corrected chi connectivity index (χ3v) is 5.55. The predicted octanol–water partition coefficient (Wildman–Crippen LogP) is 3.97. The standard InChI is InChI=1S/C22H25N3O3S/c1-17-24-19(16-29-17)15-28-21-6-3-18(4-7-21)5-8-22(26)25(12-2-11-23)20-9-13-27-14-10-20/h3-8,16,20H,2,9-10,12-15H2,1H3/b8-5+. The SMILES string of the molecule is Cc1nc(COc2ccc(/C=C/C(=O)N(CCC#N)C3CCOCC3)cc2)cs1. The number of nitriles is 1.